The molecule has 1 aliphatic heterocycles. The molecule has 0 radical (unpaired) electrons. The summed E-state index contributed by atoms with van der Waals surface area (Å²) in [5.41, 5.74) is 1.70. The van der Waals surface area contributed by atoms with Gasteiger partial charge in [-0.25, -0.2) is 0 Å². The number of morpholine rings is 1. The van der Waals surface area contributed by atoms with Gasteiger partial charge in [-0.3, -0.25) is 14.4 Å². The van der Waals surface area contributed by atoms with Crippen molar-refractivity contribution in [1.82, 2.24) is 25.2 Å². The minimum Gasteiger partial charge on any atom is -0.379 e. The van der Waals surface area contributed by atoms with E-state index in [9.17, 15) is 4.79 Å². The molecule has 1 fully saturated rings. The normalized spacial score (nSPS) is 15.1. The average molecular weight is 357 g/mol. The van der Waals surface area contributed by atoms with E-state index in [0.717, 1.165) is 58.7 Å². The van der Waals surface area contributed by atoms with Gasteiger partial charge in [0, 0.05) is 26.2 Å². The van der Waals surface area contributed by atoms with Gasteiger partial charge in [0.25, 0.3) is 5.91 Å². The molecule has 7 heteroatoms. The van der Waals surface area contributed by atoms with Gasteiger partial charge in [0.2, 0.25) is 0 Å². The first kappa shape index (κ1) is 18.5. The Morgan fingerprint density at radius 2 is 1.92 bits per heavy atom. The minimum atomic E-state index is -0.152. The molecule has 26 heavy (non-hydrogen) atoms. The number of aryl methyl sites for hydroxylation is 2. The molecule has 1 aromatic carbocycles. The summed E-state index contributed by atoms with van der Waals surface area (Å²) in [6.45, 7) is 5.95. The number of carbonyl (C=O) groups is 1. The Kier molecular flexibility index (Phi) is 7.15. The maximum Gasteiger partial charge on any atom is 0.273 e. The van der Waals surface area contributed by atoms with Crippen molar-refractivity contribution >= 4 is 5.91 Å². The molecule has 1 N–H and O–H groups in total. The first-order valence-electron chi connectivity index (χ1n) is 9.33. The molecule has 0 saturated carbocycles. The van der Waals surface area contributed by atoms with Crippen molar-refractivity contribution in [2.24, 2.45) is 0 Å². The van der Waals surface area contributed by atoms with E-state index in [1.54, 1.807) is 10.9 Å². The molecule has 0 aliphatic carbocycles. The molecular formula is C19H27N5O2. The topological polar surface area (TPSA) is 72.3 Å². The third-order valence-electron chi connectivity index (χ3n) is 4.51. The average Bonchev–Trinajstić information content (AvgIpc) is 3.16. The van der Waals surface area contributed by atoms with Crippen LogP contribution in [0.4, 0.5) is 0 Å². The second-order valence-corrected chi connectivity index (χ2v) is 6.52. The monoisotopic (exact) mass is 357 g/mol. The summed E-state index contributed by atoms with van der Waals surface area (Å²) in [7, 11) is 0. The number of ether oxygens (including phenoxy) is 1. The summed E-state index contributed by atoms with van der Waals surface area (Å²) in [6, 6.07) is 10.4. The fourth-order valence-electron chi connectivity index (χ4n) is 3.02. The summed E-state index contributed by atoms with van der Waals surface area (Å²) in [5, 5.41) is 11.0. The number of nitrogens with zero attached hydrogens (tertiary/aromatic N) is 4. The highest BCUT2D eigenvalue weighted by atomic mass is 16.5. The van der Waals surface area contributed by atoms with E-state index in [0.29, 0.717) is 12.2 Å². The van der Waals surface area contributed by atoms with Crippen LogP contribution in [0.1, 0.15) is 28.9 Å². The fraction of sp³-hybridized carbons (Fsp3) is 0.526. The van der Waals surface area contributed by atoms with Gasteiger partial charge in [-0.15, -0.1) is 5.10 Å². The predicted octanol–water partition coefficient (Wildman–Crippen LogP) is 1.36. The number of hydrogen-bond acceptors (Lipinski definition) is 5. The minimum absolute atomic E-state index is 0.152. The zero-order valence-corrected chi connectivity index (χ0v) is 15.1. The summed E-state index contributed by atoms with van der Waals surface area (Å²) in [6.07, 6.45) is 4.61. The van der Waals surface area contributed by atoms with Gasteiger partial charge in [-0.1, -0.05) is 35.5 Å². The van der Waals surface area contributed by atoms with E-state index in [1.807, 2.05) is 18.2 Å². The van der Waals surface area contributed by atoms with Gasteiger partial charge in [0.15, 0.2) is 5.69 Å². The standard InChI is InChI=1S/C19H27N5O2/c25-19(20-9-5-10-23-12-14-26-15-13-23)18-16-24(22-21-18)11-4-8-17-6-2-1-3-7-17/h1-3,6-7,16H,4-5,8-15H2,(H,20,25). The number of benzene rings is 1. The molecule has 1 amide bonds. The lowest BCUT2D eigenvalue weighted by Crippen LogP contribution is -2.38. The summed E-state index contributed by atoms with van der Waals surface area (Å²) >= 11 is 0. The summed E-state index contributed by atoms with van der Waals surface area (Å²) in [5.74, 6) is -0.152. The second kappa shape index (κ2) is 10.0. The van der Waals surface area contributed by atoms with Crippen LogP contribution in [0.3, 0.4) is 0 Å². The molecule has 3 rings (SSSR count). The van der Waals surface area contributed by atoms with Crippen molar-refractivity contribution in [1.29, 1.82) is 0 Å². The first-order valence-corrected chi connectivity index (χ1v) is 9.33. The maximum atomic E-state index is 12.1. The zero-order valence-electron chi connectivity index (χ0n) is 15.1. The highest BCUT2D eigenvalue weighted by Crippen LogP contribution is 2.04. The van der Waals surface area contributed by atoms with Gasteiger partial charge in [0.05, 0.1) is 19.4 Å². The molecule has 1 aromatic heterocycles. The van der Waals surface area contributed by atoms with Gasteiger partial charge in [-0.2, -0.15) is 0 Å². The Bertz CT molecular complexity index is 668. The van der Waals surface area contributed by atoms with Crippen LogP contribution >= 0.6 is 0 Å². The second-order valence-electron chi connectivity index (χ2n) is 6.52. The van der Waals surface area contributed by atoms with Crippen LogP contribution in [-0.2, 0) is 17.7 Å². The van der Waals surface area contributed by atoms with Crippen molar-refractivity contribution in [3.63, 3.8) is 0 Å². The van der Waals surface area contributed by atoms with Crippen LogP contribution in [0.2, 0.25) is 0 Å². The van der Waals surface area contributed by atoms with Gasteiger partial charge < -0.3 is 10.1 Å². The predicted molar refractivity (Wildman–Crippen MR) is 99.0 cm³/mol. The molecular weight excluding hydrogens is 330 g/mol. The molecule has 140 valence electrons. The Morgan fingerprint density at radius 3 is 2.73 bits per heavy atom. The van der Waals surface area contributed by atoms with Crippen LogP contribution in [0, 0.1) is 0 Å². The van der Waals surface area contributed by atoms with E-state index >= 15 is 0 Å². The zero-order chi connectivity index (χ0) is 18.0. The van der Waals surface area contributed by atoms with Crippen molar-refractivity contribution < 1.29 is 9.53 Å². The largest absolute Gasteiger partial charge is 0.379 e. The van der Waals surface area contributed by atoms with E-state index in [-0.39, 0.29) is 5.91 Å². The van der Waals surface area contributed by atoms with Gasteiger partial charge in [-0.05, 0) is 31.4 Å². The van der Waals surface area contributed by atoms with Crippen LogP contribution < -0.4 is 5.32 Å². The Labute approximate surface area is 154 Å². The molecule has 7 nitrogen and oxygen atoms in total. The van der Waals surface area contributed by atoms with Crippen molar-refractivity contribution in [3.8, 4) is 0 Å². The molecule has 0 spiro atoms. The van der Waals surface area contributed by atoms with E-state index < -0.39 is 0 Å². The number of amides is 1. The van der Waals surface area contributed by atoms with Crippen molar-refractivity contribution in [3.05, 3.63) is 47.8 Å². The number of hydrogen-bond donors (Lipinski definition) is 1. The third-order valence-corrected chi connectivity index (χ3v) is 4.51. The molecule has 0 atom stereocenters. The lowest BCUT2D eigenvalue weighted by molar-refractivity contribution is 0.0374. The summed E-state index contributed by atoms with van der Waals surface area (Å²) in [4.78, 5) is 14.5. The lowest BCUT2D eigenvalue weighted by atomic mass is 10.1. The third kappa shape index (κ3) is 5.93. The number of nitrogens with one attached hydrogen (secondary N) is 1. The Balaban J connectivity index is 1.33. The highest BCUT2D eigenvalue weighted by Gasteiger charge is 2.12. The molecule has 0 bridgehead atoms. The van der Waals surface area contributed by atoms with Crippen LogP contribution in [-0.4, -0.2) is 65.2 Å². The van der Waals surface area contributed by atoms with Crippen molar-refractivity contribution in [2.45, 2.75) is 25.8 Å². The van der Waals surface area contributed by atoms with Crippen LogP contribution in [0.15, 0.2) is 36.5 Å². The SMILES string of the molecule is O=C(NCCCN1CCOCC1)c1cn(CCCc2ccccc2)nn1. The number of rotatable bonds is 9. The highest BCUT2D eigenvalue weighted by molar-refractivity contribution is 5.91. The Morgan fingerprint density at radius 1 is 1.12 bits per heavy atom. The fourth-order valence-corrected chi connectivity index (χ4v) is 3.02. The molecule has 1 saturated heterocycles. The summed E-state index contributed by atoms with van der Waals surface area (Å²) < 4.78 is 7.07. The first-order chi connectivity index (χ1) is 12.8. The Hall–Kier alpha value is -2.25. The smallest absolute Gasteiger partial charge is 0.273 e. The quantitative estimate of drug-likeness (QED) is 0.686. The van der Waals surface area contributed by atoms with E-state index in [1.165, 1.54) is 5.56 Å². The molecule has 0 unspecified atom stereocenters. The number of aromatic nitrogens is 3. The van der Waals surface area contributed by atoms with Gasteiger partial charge >= 0.3 is 0 Å². The molecule has 2 heterocycles. The molecule has 1 aliphatic rings. The van der Waals surface area contributed by atoms with Crippen molar-refractivity contribution in [2.75, 3.05) is 39.4 Å². The van der Waals surface area contributed by atoms with Crippen LogP contribution in [0.25, 0.3) is 0 Å². The van der Waals surface area contributed by atoms with Gasteiger partial charge in [0.1, 0.15) is 0 Å². The maximum absolute atomic E-state index is 12.1. The molecule has 2 aromatic rings. The van der Waals surface area contributed by atoms with E-state index in [2.05, 4.69) is 32.7 Å². The van der Waals surface area contributed by atoms with Crippen LogP contribution in [0.5, 0.6) is 0 Å². The van der Waals surface area contributed by atoms with E-state index in [4.69, 9.17) is 4.74 Å². The lowest BCUT2D eigenvalue weighted by Gasteiger charge is -2.26. The number of carbonyl (C=O) groups excluding carboxylic acids is 1.